The monoisotopic (exact) mass is 261 g/mol. The summed E-state index contributed by atoms with van der Waals surface area (Å²) in [6.07, 6.45) is 2.89. The van der Waals surface area contributed by atoms with Crippen LogP contribution in [0, 0.1) is 0 Å². The lowest BCUT2D eigenvalue weighted by Gasteiger charge is -2.07. The smallest absolute Gasteiger partial charge is 0.188 e. The van der Waals surface area contributed by atoms with Crippen LogP contribution < -0.4 is 10.6 Å². The van der Waals surface area contributed by atoms with Crippen molar-refractivity contribution in [3.8, 4) is 0 Å². The lowest BCUT2D eigenvalue weighted by molar-refractivity contribution is 0.854. The van der Waals surface area contributed by atoms with Crippen molar-refractivity contribution in [2.24, 2.45) is 0 Å². The standard InChI is InChI=1S/C9H15N3S3/c1-2-14-6-3-4-10-8(13)12-9-11-5-7-15-9/h5,7H,2-4,6H2,1H3,(H2,10,11,12,13). The third-order valence-electron chi connectivity index (χ3n) is 1.61. The van der Waals surface area contributed by atoms with Crippen LogP contribution in [0.15, 0.2) is 11.6 Å². The molecule has 1 aromatic rings. The number of anilines is 1. The third-order valence-corrected chi connectivity index (χ3v) is 3.53. The maximum absolute atomic E-state index is 5.12. The van der Waals surface area contributed by atoms with Crippen molar-refractivity contribution in [3.05, 3.63) is 11.6 Å². The molecule has 0 fully saturated rings. The second kappa shape index (κ2) is 7.90. The molecule has 0 aliphatic heterocycles. The summed E-state index contributed by atoms with van der Waals surface area (Å²) < 4.78 is 0. The van der Waals surface area contributed by atoms with Crippen molar-refractivity contribution in [1.29, 1.82) is 0 Å². The van der Waals surface area contributed by atoms with E-state index >= 15 is 0 Å². The Morgan fingerprint density at radius 2 is 2.53 bits per heavy atom. The molecular weight excluding hydrogens is 246 g/mol. The summed E-state index contributed by atoms with van der Waals surface area (Å²) in [5.74, 6) is 2.37. The fourth-order valence-corrected chi connectivity index (χ4v) is 2.38. The molecule has 6 heteroatoms. The topological polar surface area (TPSA) is 37.0 Å². The van der Waals surface area contributed by atoms with Crippen LogP contribution in [-0.4, -0.2) is 28.1 Å². The Labute approximate surface area is 104 Å². The average molecular weight is 261 g/mol. The molecule has 0 saturated heterocycles. The molecule has 3 nitrogen and oxygen atoms in total. The molecule has 1 aromatic heterocycles. The largest absolute Gasteiger partial charge is 0.362 e. The first-order valence-corrected chi connectivity index (χ1v) is 7.29. The first-order chi connectivity index (χ1) is 7.33. The molecule has 0 atom stereocenters. The van der Waals surface area contributed by atoms with Crippen LogP contribution in [0.2, 0.25) is 0 Å². The molecule has 0 amide bonds. The number of thiazole rings is 1. The molecule has 1 heterocycles. The van der Waals surface area contributed by atoms with Gasteiger partial charge >= 0.3 is 0 Å². The zero-order chi connectivity index (χ0) is 10.9. The van der Waals surface area contributed by atoms with Crippen LogP contribution >= 0.6 is 35.3 Å². The zero-order valence-electron chi connectivity index (χ0n) is 8.66. The molecule has 0 bridgehead atoms. The van der Waals surface area contributed by atoms with E-state index in [0.29, 0.717) is 5.11 Å². The normalized spacial score (nSPS) is 9.93. The highest BCUT2D eigenvalue weighted by Crippen LogP contribution is 2.09. The van der Waals surface area contributed by atoms with E-state index in [9.17, 15) is 0 Å². The number of nitrogens with one attached hydrogen (secondary N) is 2. The van der Waals surface area contributed by atoms with Gasteiger partial charge in [0, 0.05) is 18.1 Å². The van der Waals surface area contributed by atoms with Gasteiger partial charge in [-0.1, -0.05) is 6.92 Å². The molecule has 1 rings (SSSR count). The number of rotatable bonds is 6. The molecule has 0 saturated carbocycles. The summed E-state index contributed by atoms with van der Waals surface area (Å²) in [5, 5.41) is 9.61. The zero-order valence-corrected chi connectivity index (χ0v) is 11.1. The first kappa shape index (κ1) is 12.7. The second-order valence-corrected chi connectivity index (χ2v) is 5.47. The third kappa shape index (κ3) is 5.96. The van der Waals surface area contributed by atoms with Gasteiger partial charge < -0.3 is 10.6 Å². The molecule has 0 unspecified atom stereocenters. The van der Waals surface area contributed by atoms with E-state index in [0.717, 1.165) is 18.1 Å². The maximum atomic E-state index is 5.12. The SMILES string of the molecule is CCSCCCNC(=S)Nc1nccs1. The molecule has 15 heavy (non-hydrogen) atoms. The van der Waals surface area contributed by atoms with Gasteiger partial charge in [-0.05, 0) is 30.1 Å². The summed E-state index contributed by atoms with van der Waals surface area (Å²) in [6.45, 7) is 3.09. The quantitative estimate of drug-likeness (QED) is 0.608. The molecule has 0 spiro atoms. The van der Waals surface area contributed by atoms with Crippen molar-refractivity contribution in [3.63, 3.8) is 0 Å². The molecule has 0 radical (unpaired) electrons. The summed E-state index contributed by atoms with van der Waals surface area (Å²) in [5.41, 5.74) is 0. The Morgan fingerprint density at radius 3 is 3.20 bits per heavy atom. The van der Waals surface area contributed by atoms with Gasteiger partial charge in [-0.3, -0.25) is 0 Å². The van der Waals surface area contributed by atoms with Crippen molar-refractivity contribution in [1.82, 2.24) is 10.3 Å². The molecular formula is C9H15N3S3. The van der Waals surface area contributed by atoms with Crippen LogP contribution in [-0.2, 0) is 0 Å². The van der Waals surface area contributed by atoms with E-state index in [2.05, 4.69) is 22.5 Å². The van der Waals surface area contributed by atoms with Crippen molar-refractivity contribution >= 4 is 45.6 Å². The first-order valence-electron chi connectivity index (χ1n) is 4.85. The van der Waals surface area contributed by atoms with E-state index in [1.165, 1.54) is 11.5 Å². The van der Waals surface area contributed by atoms with Crippen LogP contribution in [0.3, 0.4) is 0 Å². The lowest BCUT2D eigenvalue weighted by atomic mass is 10.5. The van der Waals surface area contributed by atoms with E-state index in [1.807, 2.05) is 17.1 Å². The fourth-order valence-electron chi connectivity index (χ4n) is 0.947. The van der Waals surface area contributed by atoms with Crippen molar-refractivity contribution in [2.75, 3.05) is 23.4 Å². The van der Waals surface area contributed by atoms with Gasteiger partial charge in [0.25, 0.3) is 0 Å². The van der Waals surface area contributed by atoms with E-state index in [4.69, 9.17) is 12.2 Å². The Balaban J connectivity index is 2.04. The van der Waals surface area contributed by atoms with E-state index in [-0.39, 0.29) is 0 Å². The summed E-state index contributed by atoms with van der Waals surface area (Å²) >= 11 is 8.61. The van der Waals surface area contributed by atoms with Gasteiger partial charge in [0.05, 0.1) is 0 Å². The molecule has 2 N–H and O–H groups in total. The minimum Gasteiger partial charge on any atom is -0.362 e. The fraction of sp³-hybridized carbons (Fsp3) is 0.556. The number of hydrogen-bond acceptors (Lipinski definition) is 4. The van der Waals surface area contributed by atoms with Crippen LogP contribution in [0.25, 0.3) is 0 Å². The van der Waals surface area contributed by atoms with Gasteiger partial charge in [-0.2, -0.15) is 11.8 Å². The van der Waals surface area contributed by atoms with E-state index < -0.39 is 0 Å². The minimum absolute atomic E-state index is 0.659. The summed E-state index contributed by atoms with van der Waals surface area (Å²) in [7, 11) is 0. The van der Waals surface area contributed by atoms with Gasteiger partial charge in [0.2, 0.25) is 0 Å². The minimum atomic E-state index is 0.659. The highest BCUT2D eigenvalue weighted by atomic mass is 32.2. The Kier molecular flexibility index (Phi) is 6.71. The predicted molar refractivity (Wildman–Crippen MR) is 74.0 cm³/mol. The second-order valence-electron chi connectivity index (χ2n) is 2.77. The van der Waals surface area contributed by atoms with Gasteiger partial charge in [0.15, 0.2) is 10.2 Å². The van der Waals surface area contributed by atoms with Gasteiger partial charge in [-0.25, -0.2) is 4.98 Å². The van der Waals surface area contributed by atoms with Gasteiger partial charge in [-0.15, -0.1) is 11.3 Å². The number of hydrogen-bond donors (Lipinski definition) is 2. The van der Waals surface area contributed by atoms with Gasteiger partial charge in [0.1, 0.15) is 0 Å². The highest BCUT2D eigenvalue weighted by molar-refractivity contribution is 7.99. The number of thioether (sulfide) groups is 1. The van der Waals surface area contributed by atoms with Crippen molar-refractivity contribution < 1.29 is 0 Å². The van der Waals surface area contributed by atoms with E-state index in [1.54, 1.807) is 17.5 Å². The average Bonchev–Trinajstić information content (AvgIpc) is 2.70. The Hall–Kier alpha value is -0.330. The molecule has 84 valence electrons. The molecule has 0 aliphatic carbocycles. The number of nitrogens with zero attached hydrogens (tertiary/aromatic N) is 1. The van der Waals surface area contributed by atoms with Crippen LogP contribution in [0.1, 0.15) is 13.3 Å². The summed E-state index contributed by atoms with van der Waals surface area (Å²) in [6, 6.07) is 0. The molecule has 0 aromatic carbocycles. The lowest BCUT2D eigenvalue weighted by Crippen LogP contribution is -2.29. The Bertz CT molecular complexity index is 274. The highest BCUT2D eigenvalue weighted by Gasteiger charge is 1.97. The predicted octanol–water partition coefficient (Wildman–Crippen LogP) is 2.57. The molecule has 0 aliphatic rings. The van der Waals surface area contributed by atoms with Crippen LogP contribution in [0.4, 0.5) is 5.13 Å². The Morgan fingerprint density at radius 1 is 1.67 bits per heavy atom. The number of aromatic nitrogens is 1. The van der Waals surface area contributed by atoms with Crippen molar-refractivity contribution in [2.45, 2.75) is 13.3 Å². The number of thiocarbonyl (C=S) groups is 1. The maximum Gasteiger partial charge on any atom is 0.188 e. The van der Waals surface area contributed by atoms with Crippen LogP contribution in [0.5, 0.6) is 0 Å². The summed E-state index contributed by atoms with van der Waals surface area (Å²) in [4.78, 5) is 4.09.